The lowest BCUT2D eigenvalue weighted by Gasteiger charge is -2.12. The fourth-order valence-electron chi connectivity index (χ4n) is 2.64. The summed E-state index contributed by atoms with van der Waals surface area (Å²) in [5.74, 6) is -0.425. The Bertz CT molecular complexity index is 796. The number of rotatable bonds is 10. The average Bonchev–Trinajstić information content (AvgIpc) is 2.66. The van der Waals surface area contributed by atoms with Gasteiger partial charge in [-0.3, -0.25) is 9.59 Å². The molecule has 1 amide bonds. The van der Waals surface area contributed by atoms with Crippen LogP contribution in [-0.2, 0) is 17.6 Å². The van der Waals surface area contributed by atoms with Crippen LogP contribution in [0.5, 0.6) is 5.75 Å². The summed E-state index contributed by atoms with van der Waals surface area (Å²) in [5.41, 5.74) is 3.58. The molecule has 0 saturated carbocycles. The average molecular weight is 367 g/mol. The molecule has 5 heteroatoms. The van der Waals surface area contributed by atoms with Crippen LogP contribution in [0.2, 0.25) is 0 Å². The molecule has 0 aromatic heterocycles. The standard InChI is InChI=1S/C22H25NO4/c1-3-14-27-20-10-4-16(2)15-19(20)22(26)23-13-12-18-7-5-17(6-8-18)9-11-21(24)25/h3-8,10,15H,1,9,11-14H2,2H3,(H,23,26)(H,24,25). The lowest BCUT2D eigenvalue weighted by Crippen LogP contribution is -2.26. The maximum Gasteiger partial charge on any atom is 0.303 e. The number of carbonyl (C=O) groups is 2. The second-order valence-corrected chi connectivity index (χ2v) is 6.32. The summed E-state index contributed by atoms with van der Waals surface area (Å²) in [7, 11) is 0. The van der Waals surface area contributed by atoms with E-state index in [0.717, 1.165) is 16.7 Å². The summed E-state index contributed by atoms with van der Waals surface area (Å²) in [5, 5.41) is 11.6. The van der Waals surface area contributed by atoms with Gasteiger partial charge in [0, 0.05) is 13.0 Å². The number of hydrogen-bond acceptors (Lipinski definition) is 3. The van der Waals surface area contributed by atoms with Gasteiger partial charge < -0.3 is 15.2 Å². The minimum Gasteiger partial charge on any atom is -0.489 e. The number of aliphatic carboxylic acids is 1. The molecule has 2 aromatic carbocycles. The number of carboxylic acids is 1. The summed E-state index contributed by atoms with van der Waals surface area (Å²) in [6.45, 7) is 6.40. The van der Waals surface area contributed by atoms with Crippen molar-refractivity contribution >= 4 is 11.9 Å². The highest BCUT2D eigenvalue weighted by atomic mass is 16.5. The molecule has 2 aromatic rings. The van der Waals surface area contributed by atoms with Gasteiger partial charge in [0.2, 0.25) is 0 Å². The van der Waals surface area contributed by atoms with Crippen molar-refractivity contribution in [2.75, 3.05) is 13.2 Å². The third-order valence-corrected chi connectivity index (χ3v) is 4.09. The van der Waals surface area contributed by atoms with E-state index in [1.54, 1.807) is 12.1 Å². The third kappa shape index (κ3) is 6.62. The minimum atomic E-state index is -0.797. The van der Waals surface area contributed by atoms with Gasteiger partial charge in [-0.15, -0.1) is 0 Å². The number of hydrogen-bond donors (Lipinski definition) is 2. The summed E-state index contributed by atoms with van der Waals surface area (Å²) >= 11 is 0. The first-order valence-corrected chi connectivity index (χ1v) is 8.91. The second-order valence-electron chi connectivity index (χ2n) is 6.32. The zero-order valence-electron chi connectivity index (χ0n) is 15.5. The SMILES string of the molecule is C=CCOc1ccc(C)cc1C(=O)NCCc1ccc(CCC(=O)O)cc1. The monoisotopic (exact) mass is 367 g/mol. The molecular weight excluding hydrogens is 342 g/mol. The Hall–Kier alpha value is -3.08. The first-order valence-electron chi connectivity index (χ1n) is 8.91. The lowest BCUT2D eigenvalue weighted by molar-refractivity contribution is -0.136. The van der Waals surface area contributed by atoms with Gasteiger partial charge in [-0.05, 0) is 43.0 Å². The molecule has 0 saturated heterocycles. The Morgan fingerprint density at radius 2 is 1.78 bits per heavy atom. The van der Waals surface area contributed by atoms with Crippen LogP contribution in [0.3, 0.4) is 0 Å². The molecule has 2 N–H and O–H groups in total. The van der Waals surface area contributed by atoms with E-state index in [-0.39, 0.29) is 12.3 Å². The van der Waals surface area contributed by atoms with Crippen molar-refractivity contribution in [2.45, 2.75) is 26.2 Å². The number of aryl methyl sites for hydroxylation is 2. The van der Waals surface area contributed by atoms with E-state index >= 15 is 0 Å². The first kappa shape index (κ1) is 20.2. The zero-order valence-corrected chi connectivity index (χ0v) is 15.5. The van der Waals surface area contributed by atoms with E-state index in [2.05, 4.69) is 11.9 Å². The lowest BCUT2D eigenvalue weighted by atomic mass is 10.1. The molecular formula is C22H25NO4. The summed E-state index contributed by atoms with van der Waals surface area (Å²) in [4.78, 5) is 23.1. The smallest absolute Gasteiger partial charge is 0.303 e. The maximum atomic E-state index is 12.5. The van der Waals surface area contributed by atoms with Gasteiger partial charge >= 0.3 is 5.97 Å². The Morgan fingerprint density at radius 3 is 2.41 bits per heavy atom. The van der Waals surface area contributed by atoms with Crippen LogP contribution in [0, 0.1) is 6.92 Å². The van der Waals surface area contributed by atoms with Crippen molar-refractivity contribution in [1.29, 1.82) is 0 Å². The van der Waals surface area contributed by atoms with E-state index in [4.69, 9.17) is 9.84 Å². The molecule has 2 rings (SSSR count). The quantitative estimate of drug-likeness (QED) is 0.630. The maximum absolute atomic E-state index is 12.5. The highest BCUT2D eigenvalue weighted by Gasteiger charge is 2.12. The fourth-order valence-corrected chi connectivity index (χ4v) is 2.64. The number of benzene rings is 2. The van der Waals surface area contributed by atoms with Crippen LogP contribution in [0.25, 0.3) is 0 Å². The van der Waals surface area contributed by atoms with Crippen molar-refractivity contribution in [3.8, 4) is 5.75 Å². The zero-order chi connectivity index (χ0) is 19.6. The van der Waals surface area contributed by atoms with E-state index < -0.39 is 5.97 Å². The second kappa shape index (κ2) is 10.2. The van der Waals surface area contributed by atoms with Gasteiger partial charge in [0.25, 0.3) is 5.91 Å². The summed E-state index contributed by atoms with van der Waals surface area (Å²) in [6, 6.07) is 13.3. The van der Waals surface area contributed by atoms with E-state index in [0.29, 0.717) is 37.3 Å². The van der Waals surface area contributed by atoms with Crippen molar-refractivity contribution in [3.05, 3.63) is 77.4 Å². The van der Waals surface area contributed by atoms with Gasteiger partial charge in [0.1, 0.15) is 12.4 Å². The van der Waals surface area contributed by atoms with Gasteiger partial charge in [-0.25, -0.2) is 0 Å². The van der Waals surface area contributed by atoms with Gasteiger partial charge in [-0.1, -0.05) is 48.6 Å². The van der Waals surface area contributed by atoms with Crippen LogP contribution >= 0.6 is 0 Å². The molecule has 0 bridgehead atoms. The molecule has 27 heavy (non-hydrogen) atoms. The Kier molecular flexibility index (Phi) is 7.62. The molecule has 0 radical (unpaired) electrons. The van der Waals surface area contributed by atoms with Crippen molar-refractivity contribution in [3.63, 3.8) is 0 Å². The van der Waals surface area contributed by atoms with Crippen molar-refractivity contribution in [2.24, 2.45) is 0 Å². The molecule has 142 valence electrons. The molecule has 0 aliphatic heterocycles. The molecule has 0 aliphatic rings. The molecule has 0 fully saturated rings. The van der Waals surface area contributed by atoms with Crippen LogP contribution < -0.4 is 10.1 Å². The highest BCUT2D eigenvalue weighted by molar-refractivity contribution is 5.97. The summed E-state index contributed by atoms with van der Waals surface area (Å²) < 4.78 is 5.56. The minimum absolute atomic E-state index is 0.127. The van der Waals surface area contributed by atoms with Crippen molar-refractivity contribution < 1.29 is 19.4 Å². The summed E-state index contributed by atoms with van der Waals surface area (Å²) in [6.07, 6.45) is 2.98. The molecule has 0 atom stereocenters. The first-order chi connectivity index (χ1) is 13.0. The predicted molar refractivity (Wildman–Crippen MR) is 105 cm³/mol. The number of carboxylic acid groups (broad SMARTS) is 1. The Labute approximate surface area is 159 Å². The molecule has 0 aliphatic carbocycles. The molecule has 0 spiro atoms. The molecule has 0 heterocycles. The van der Waals surface area contributed by atoms with Gasteiger partial charge in [0.05, 0.1) is 5.56 Å². The topological polar surface area (TPSA) is 75.6 Å². The highest BCUT2D eigenvalue weighted by Crippen LogP contribution is 2.20. The van der Waals surface area contributed by atoms with Crippen LogP contribution in [0.4, 0.5) is 0 Å². The van der Waals surface area contributed by atoms with Gasteiger partial charge in [0.15, 0.2) is 0 Å². The third-order valence-electron chi connectivity index (χ3n) is 4.09. The molecule has 5 nitrogen and oxygen atoms in total. The van der Waals surface area contributed by atoms with Crippen LogP contribution in [-0.4, -0.2) is 30.1 Å². The number of nitrogens with one attached hydrogen (secondary N) is 1. The van der Waals surface area contributed by atoms with Crippen LogP contribution in [0.15, 0.2) is 55.1 Å². The van der Waals surface area contributed by atoms with E-state index in [1.807, 2.05) is 43.3 Å². The van der Waals surface area contributed by atoms with E-state index in [1.165, 1.54) is 0 Å². The fraction of sp³-hybridized carbons (Fsp3) is 0.273. The predicted octanol–water partition coefficient (Wildman–Crippen LogP) is 3.55. The van der Waals surface area contributed by atoms with Crippen molar-refractivity contribution in [1.82, 2.24) is 5.32 Å². The van der Waals surface area contributed by atoms with Crippen LogP contribution in [0.1, 0.15) is 33.5 Å². The Balaban J connectivity index is 1.89. The largest absolute Gasteiger partial charge is 0.489 e. The van der Waals surface area contributed by atoms with Gasteiger partial charge in [-0.2, -0.15) is 0 Å². The number of carbonyl (C=O) groups excluding carboxylic acids is 1. The molecule has 0 unspecified atom stereocenters. The number of amides is 1. The Morgan fingerprint density at radius 1 is 1.11 bits per heavy atom. The van der Waals surface area contributed by atoms with E-state index in [9.17, 15) is 9.59 Å². The number of ether oxygens (including phenoxy) is 1. The normalized spacial score (nSPS) is 10.3.